The molecule has 2 heterocycles. The molecule has 3 amide bonds. The van der Waals surface area contributed by atoms with Crippen LogP contribution in [-0.4, -0.2) is 27.6 Å². The minimum Gasteiger partial charge on any atom is -0.339 e. The number of amides is 3. The first-order valence-electron chi connectivity index (χ1n) is 8.42. The van der Waals surface area contributed by atoms with Gasteiger partial charge in [-0.15, -0.1) is 0 Å². The van der Waals surface area contributed by atoms with Crippen LogP contribution < -0.4 is 10.6 Å². The van der Waals surface area contributed by atoms with E-state index in [1.165, 1.54) is 12.1 Å². The fourth-order valence-electron chi connectivity index (χ4n) is 3.59. The number of aromatic nitrogens is 2. The maximum atomic E-state index is 12.9. The quantitative estimate of drug-likeness (QED) is 0.781. The number of nitrogens with zero attached hydrogens (tertiary/aromatic N) is 2. The highest BCUT2D eigenvalue weighted by Crippen LogP contribution is 2.39. The van der Waals surface area contributed by atoms with Gasteiger partial charge in [-0.1, -0.05) is 17.3 Å². The highest BCUT2D eigenvalue weighted by atomic mass is 19.4. The highest BCUT2D eigenvalue weighted by Gasteiger charge is 2.48. The average molecular weight is 380 g/mol. The summed E-state index contributed by atoms with van der Waals surface area (Å²) in [5.74, 6) is -0.0422. The molecular weight excluding hydrogens is 365 g/mol. The Labute approximate surface area is 151 Å². The Morgan fingerprint density at radius 3 is 2.56 bits per heavy atom. The third kappa shape index (κ3) is 3.15. The molecule has 1 aromatic carbocycles. The minimum absolute atomic E-state index is 0.0864. The summed E-state index contributed by atoms with van der Waals surface area (Å²) in [7, 11) is 0. The van der Waals surface area contributed by atoms with Crippen molar-refractivity contribution >= 4 is 11.9 Å². The van der Waals surface area contributed by atoms with E-state index in [0.29, 0.717) is 31.6 Å². The summed E-state index contributed by atoms with van der Waals surface area (Å²) >= 11 is 0. The number of carbonyl (C=O) groups excluding carboxylic acids is 2. The number of rotatable bonds is 2. The fourth-order valence-corrected chi connectivity index (χ4v) is 3.59. The summed E-state index contributed by atoms with van der Waals surface area (Å²) in [6, 6.07) is 4.23. The molecule has 2 aromatic rings. The number of benzene rings is 1. The van der Waals surface area contributed by atoms with Crippen LogP contribution in [0.15, 0.2) is 28.8 Å². The summed E-state index contributed by atoms with van der Waals surface area (Å²) < 4.78 is 43.8. The van der Waals surface area contributed by atoms with Crippen molar-refractivity contribution in [3.05, 3.63) is 35.7 Å². The van der Waals surface area contributed by atoms with Gasteiger partial charge in [-0.3, -0.25) is 10.1 Å². The van der Waals surface area contributed by atoms with Gasteiger partial charge < -0.3 is 9.84 Å². The van der Waals surface area contributed by atoms with E-state index in [4.69, 9.17) is 4.52 Å². The van der Waals surface area contributed by atoms with Crippen LogP contribution in [0.3, 0.4) is 0 Å². The zero-order valence-electron chi connectivity index (χ0n) is 14.0. The molecule has 2 aliphatic rings. The average Bonchev–Trinajstić information content (AvgIpc) is 3.21. The molecule has 2 N–H and O–H groups in total. The number of hydrogen-bond donors (Lipinski definition) is 2. The van der Waals surface area contributed by atoms with Crippen molar-refractivity contribution in [2.75, 3.05) is 0 Å². The molecule has 1 aromatic heterocycles. The number of carbonyl (C=O) groups is 2. The van der Waals surface area contributed by atoms with Crippen molar-refractivity contribution in [3.8, 4) is 11.4 Å². The topological polar surface area (TPSA) is 97.1 Å². The number of hydrogen-bond acceptors (Lipinski definition) is 5. The third-order valence-electron chi connectivity index (χ3n) is 5.09. The normalized spacial score (nSPS) is 25.5. The number of imide groups is 1. The van der Waals surface area contributed by atoms with Gasteiger partial charge in [0.1, 0.15) is 5.54 Å². The van der Waals surface area contributed by atoms with E-state index in [-0.39, 0.29) is 23.2 Å². The first-order chi connectivity index (χ1) is 12.8. The molecule has 4 rings (SSSR count). The van der Waals surface area contributed by atoms with E-state index in [9.17, 15) is 22.8 Å². The summed E-state index contributed by atoms with van der Waals surface area (Å²) in [6.07, 6.45) is -2.52. The second-order valence-corrected chi connectivity index (χ2v) is 6.80. The van der Waals surface area contributed by atoms with Crippen LogP contribution >= 0.6 is 0 Å². The van der Waals surface area contributed by atoms with E-state index in [0.717, 1.165) is 12.1 Å². The molecule has 1 spiro atoms. The molecule has 0 bridgehead atoms. The molecular formula is C17H15F3N4O3. The van der Waals surface area contributed by atoms with Gasteiger partial charge in [-0.25, -0.2) is 4.79 Å². The zero-order valence-corrected chi connectivity index (χ0v) is 14.0. The number of nitrogens with one attached hydrogen (secondary N) is 2. The lowest BCUT2D eigenvalue weighted by atomic mass is 9.76. The Kier molecular flexibility index (Phi) is 3.93. The monoisotopic (exact) mass is 380 g/mol. The molecule has 1 aliphatic heterocycles. The van der Waals surface area contributed by atoms with E-state index < -0.39 is 23.3 Å². The van der Waals surface area contributed by atoms with Gasteiger partial charge in [0.15, 0.2) is 0 Å². The van der Waals surface area contributed by atoms with Crippen LogP contribution in [0.1, 0.15) is 43.1 Å². The number of urea groups is 1. The Morgan fingerprint density at radius 2 is 1.93 bits per heavy atom. The molecule has 0 radical (unpaired) electrons. The maximum Gasteiger partial charge on any atom is 0.416 e. The molecule has 1 saturated heterocycles. The zero-order chi connectivity index (χ0) is 19.2. The SMILES string of the molecule is O=C1NC(=O)C2(CCC(c3nc(-c4cccc(C(F)(F)F)c4)no3)CC2)N1. The van der Waals surface area contributed by atoms with Crippen LogP contribution in [0, 0.1) is 0 Å². The van der Waals surface area contributed by atoms with Crippen molar-refractivity contribution in [1.82, 2.24) is 20.8 Å². The second-order valence-electron chi connectivity index (χ2n) is 6.80. The van der Waals surface area contributed by atoms with Gasteiger partial charge in [-0.2, -0.15) is 18.2 Å². The summed E-state index contributed by atoms with van der Waals surface area (Å²) in [6.45, 7) is 0. The van der Waals surface area contributed by atoms with E-state index in [1.807, 2.05) is 0 Å². The second kappa shape index (κ2) is 6.07. The number of alkyl halides is 3. The first-order valence-corrected chi connectivity index (χ1v) is 8.42. The van der Waals surface area contributed by atoms with Crippen molar-refractivity contribution in [2.24, 2.45) is 0 Å². The van der Waals surface area contributed by atoms with Crippen LogP contribution in [0.4, 0.5) is 18.0 Å². The molecule has 10 heteroatoms. The van der Waals surface area contributed by atoms with Gasteiger partial charge in [0.05, 0.1) is 5.56 Å². The predicted molar refractivity (Wildman–Crippen MR) is 85.4 cm³/mol. The molecule has 142 valence electrons. The lowest BCUT2D eigenvalue weighted by molar-refractivity contribution is -0.137. The van der Waals surface area contributed by atoms with Crippen LogP contribution in [0.2, 0.25) is 0 Å². The lowest BCUT2D eigenvalue weighted by Crippen LogP contribution is -2.49. The van der Waals surface area contributed by atoms with Crippen LogP contribution in [-0.2, 0) is 11.0 Å². The molecule has 0 unspecified atom stereocenters. The van der Waals surface area contributed by atoms with Gasteiger partial charge in [0, 0.05) is 11.5 Å². The van der Waals surface area contributed by atoms with Crippen LogP contribution in [0.5, 0.6) is 0 Å². The smallest absolute Gasteiger partial charge is 0.339 e. The highest BCUT2D eigenvalue weighted by molar-refractivity contribution is 6.07. The molecule has 1 aliphatic carbocycles. The Morgan fingerprint density at radius 1 is 1.19 bits per heavy atom. The van der Waals surface area contributed by atoms with Gasteiger partial charge >= 0.3 is 12.2 Å². The van der Waals surface area contributed by atoms with Crippen molar-refractivity contribution < 1.29 is 27.3 Å². The predicted octanol–water partition coefficient (Wildman–Crippen LogP) is 2.99. The van der Waals surface area contributed by atoms with E-state index in [2.05, 4.69) is 20.8 Å². The van der Waals surface area contributed by atoms with Crippen molar-refractivity contribution in [1.29, 1.82) is 0 Å². The van der Waals surface area contributed by atoms with Crippen LogP contribution in [0.25, 0.3) is 11.4 Å². The third-order valence-corrected chi connectivity index (χ3v) is 5.09. The molecule has 0 atom stereocenters. The summed E-state index contributed by atoms with van der Waals surface area (Å²) in [5.41, 5.74) is -1.46. The Balaban J connectivity index is 1.50. The molecule has 7 nitrogen and oxygen atoms in total. The number of halogens is 3. The molecule has 1 saturated carbocycles. The van der Waals surface area contributed by atoms with Crippen molar-refractivity contribution in [3.63, 3.8) is 0 Å². The Bertz CT molecular complexity index is 901. The standard InChI is InChI=1S/C17H15F3N4O3/c18-17(19,20)11-3-1-2-10(8-11)12-21-13(27-24-12)9-4-6-16(7-5-9)14(25)22-15(26)23-16/h1-3,8-9H,4-7H2,(H2,22,23,25,26). The molecule has 2 fully saturated rings. The van der Waals surface area contributed by atoms with Gasteiger partial charge in [0.2, 0.25) is 11.7 Å². The maximum absolute atomic E-state index is 12.9. The lowest BCUT2D eigenvalue weighted by Gasteiger charge is -2.33. The summed E-state index contributed by atoms with van der Waals surface area (Å²) in [4.78, 5) is 27.6. The fraction of sp³-hybridized carbons (Fsp3) is 0.412. The van der Waals surface area contributed by atoms with Gasteiger partial charge in [0.25, 0.3) is 5.91 Å². The minimum atomic E-state index is -4.45. The first kappa shape index (κ1) is 17.5. The molecule has 27 heavy (non-hydrogen) atoms. The largest absolute Gasteiger partial charge is 0.416 e. The van der Waals surface area contributed by atoms with Gasteiger partial charge in [-0.05, 0) is 37.8 Å². The van der Waals surface area contributed by atoms with E-state index >= 15 is 0 Å². The Hall–Kier alpha value is -2.91. The van der Waals surface area contributed by atoms with Crippen molar-refractivity contribution in [2.45, 2.75) is 43.3 Å². The van der Waals surface area contributed by atoms with E-state index in [1.54, 1.807) is 0 Å². The summed E-state index contributed by atoms with van der Waals surface area (Å²) in [5, 5.41) is 8.71.